The summed E-state index contributed by atoms with van der Waals surface area (Å²) < 4.78 is 26.6. The van der Waals surface area contributed by atoms with Crippen LogP contribution in [-0.4, -0.2) is 57.1 Å². The SMILES string of the molecule is CCCCOCCOc1ccc(-c2cnc3c(c2)/C=C(/C(=O)Nc2ccc([S@@](=O)Cc4cncn4CCC)cc2)CC[C@@H]2CCCN32)cc1. The zero-order valence-corrected chi connectivity index (χ0v) is 29.4. The number of aromatic nitrogens is 3. The number of fused-ring (bicyclic) bond motifs is 3. The maximum absolute atomic E-state index is 13.7. The van der Waals surface area contributed by atoms with Crippen molar-refractivity contribution in [3.63, 3.8) is 0 Å². The number of carbonyl (C=O) groups excluding carboxylic acids is 1. The molecule has 10 heteroatoms. The molecule has 9 nitrogen and oxygen atoms in total. The molecule has 2 aromatic heterocycles. The summed E-state index contributed by atoms with van der Waals surface area (Å²) >= 11 is 0. The van der Waals surface area contributed by atoms with Gasteiger partial charge in [-0.3, -0.25) is 9.00 Å². The lowest BCUT2D eigenvalue weighted by molar-refractivity contribution is -0.112. The number of rotatable bonds is 15. The predicted molar refractivity (Wildman–Crippen MR) is 196 cm³/mol. The molecule has 1 saturated heterocycles. The van der Waals surface area contributed by atoms with Gasteiger partial charge in [0.2, 0.25) is 0 Å². The van der Waals surface area contributed by atoms with Crippen LogP contribution in [0, 0.1) is 0 Å². The Morgan fingerprint density at radius 2 is 1.82 bits per heavy atom. The Kier molecular flexibility index (Phi) is 11.9. The van der Waals surface area contributed by atoms with Crippen molar-refractivity contribution < 1.29 is 18.5 Å². The fraction of sp³-hybridized carbons (Fsp3) is 0.410. The Hall–Kier alpha value is -4.28. The molecule has 2 atom stereocenters. The van der Waals surface area contributed by atoms with E-state index in [-0.39, 0.29) is 5.91 Å². The first-order valence-electron chi connectivity index (χ1n) is 17.6. The number of benzene rings is 2. The third-order valence-electron chi connectivity index (χ3n) is 9.16. The molecule has 4 aromatic rings. The predicted octanol–water partition coefficient (Wildman–Crippen LogP) is 7.64. The third-order valence-corrected chi connectivity index (χ3v) is 10.5. The summed E-state index contributed by atoms with van der Waals surface area (Å²) in [6.07, 6.45) is 14.5. The summed E-state index contributed by atoms with van der Waals surface area (Å²) in [4.78, 5) is 26.0. The van der Waals surface area contributed by atoms with Crippen molar-refractivity contribution >= 4 is 34.3 Å². The van der Waals surface area contributed by atoms with Gasteiger partial charge >= 0.3 is 0 Å². The number of imidazole rings is 1. The molecule has 1 N–H and O–H groups in total. The highest BCUT2D eigenvalue weighted by atomic mass is 32.2. The van der Waals surface area contributed by atoms with Crippen LogP contribution in [0.1, 0.15) is 70.1 Å². The van der Waals surface area contributed by atoms with E-state index in [0.29, 0.717) is 37.1 Å². The minimum atomic E-state index is -1.22. The fourth-order valence-corrected chi connectivity index (χ4v) is 7.61. The smallest absolute Gasteiger partial charge is 0.251 e. The molecule has 2 aliphatic heterocycles. The first kappa shape index (κ1) is 34.6. The van der Waals surface area contributed by atoms with Crippen molar-refractivity contribution in [1.82, 2.24) is 14.5 Å². The third kappa shape index (κ3) is 8.85. The second-order valence-corrected chi connectivity index (χ2v) is 14.2. The number of hydrogen-bond acceptors (Lipinski definition) is 7. The maximum atomic E-state index is 13.7. The Balaban J connectivity index is 1.15. The molecule has 0 unspecified atom stereocenters. The van der Waals surface area contributed by atoms with Crippen molar-refractivity contribution in [2.75, 3.05) is 36.6 Å². The number of amides is 1. The topological polar surface area (TPSA) is 98.6 Å². The molecule has 1 fully saturated rings. The number of aryl methyl sites for hydroxylation is 1. The largest absolute Gasteiger partial charge is 0.491 e. The molecular weight excluding hydrogens is 635 g/mol. The van der Waals surface area contributed by atoms with E-state index in [1.54, 1.807) is 12.5 Å². The van der Waals surface area contributed by atoms with E-state index in [1.807, 2.05) is 60.8 Å². The van der Waals surface area contributed by atoms with Crippen molar-refractivity contribution in [1.29, 1.82) is 0 Å². The van der Waals surface area contributed by atoms with Crippen LogP contribution in [0.15, 0.2) is 83.8 Å². The number of ether oxygens (including phenoxy) is 2. The fourth-order valence-electron chi connectivity index (χ4n) is 6.49. The average molecular weight is 682 g/mol. The average Bonchev–Trinajstić information content (AvgIpc) is 3.77. The molecule has 0 spiro atoms. The Labute approximate surface area is 292 Å². The highest BCUT2D eigenvalue weighted by molar-refractivity contribution is 7.84. The molecule has 258 valence electrons. The van der Waals surface area contributed by atoms with Crippen LogP contribution in [0.5, 0.6) is 5.75 Å². The van der Waals surface area contributed by atoms with Gasteiger partial charge in [-0.25, -0.2) is 9.97 Å². The summed E-state index contributed by atoms with van der Waals surface area (Å²) in [5, 5.41) is 3.09. The number of nitrogens with one attached hydrogen (secondary N) is 1. The van der Waals surface area contributed by atoms with Gasteiger partial charge < -0.3 is 24.3 Å². The van der Waals surface area contributed by atoms with Gasteiger partial charge in [-0.15, -0.1) is 0 Å². The van der Waals surface area contributed by atoms with E-state index in [2.05, 4.69) is 39.7 Å². The number of unbranched alkanes of at least 4 members (excludes halogenated alkanes) is 1. The number of carbonyl (C=O) groups is 1. The minimum Gasteiger partial charge on any atom is -0.491 e. The summed E-state index contributed by atoms with van der Waals surface area (Å²) in [6.45, 7) is 7.96. The zero-order chi connectivity index (χ0) is 34.0. The molecule has 1 amide bonds. The van der Waals surface area contributed by atoms with Crippen molar-refractivity contribution in [3.05, 3.63) is 90.1 Å². The molecule has 2 aromatic carbocycles. The van der Waals surface area contributed by atoms with Crippen LogP contribution in [0.25, 0.3) is 17.2 Å². The van der Waals surface area contributed by atoms with Gasteiger partial charge in [-0.2, -0.15) is 0 Å². The molecule has 0 saturated carbocycles. The van der Waals surface area contributed by atoms with Gasteiger partial charge in [0.1, 0.15) is 18.2 Å². The summed E-state index contributed by atoms with van der Waals surface area (Å²) in [6, 6.07) is 17.9. The Bertz CT molecular complexity index is 1750. The Morgan fingerprint density at radius 1 is 0.980 bits per heavy atom. The quantitative estimate of drug-likeness (QED) is 0.129. The Morgan fingerprint density at radius 3 is 2.61 bits per heavy atom. The van der Waals surface area contributed by atoms with Gasteiger partial charge in [-0.1, -0.05) is 32.4 Å². The van der Waals surface area contributed by atoms with E-state index in [9.17, 15) is 9.00 Å². The summed E-state index contributed by atoms with van der Waals surface area (Å²) in [7, 11) is -1.22. The normalized spacial score (nSPS) is 17.3. The number of anilines is 2. The summed E-state index contributed by atoms with van der Waals surface area (Å²) in [5.74, 6) is 2.02. The molecule has 0 radical (unpaired) electrons. The number of nitrogens with zero attached hydrogens (tertiary/aromatic N) is 4. The second-order valence-electron chi connectivity index (χ2n) is 12.7. The lowest BCUT2D eigenvalue weighted by Gasteiger charge is -2.29. The standard InChI is InChI=1S/C39H47N5O4S/c1-3-5-20-47-21-22-48-36-14-9-29(10-15-36)32-24-31-23-30(8-13-34-7-6-19-44(34)38(31)41-25-32)39(45)42-33-11-16-37(17-12-33)49(46)27-35-26-40-28-43(35)18-4-2/h9-12,14-17,23-26,28,34H,3-8,13,18-22,27H2,1-2H3,(H,42,45)/b30-23+/t34-,49-/m0/s1. The summed E-state index contributed by atoms with van der Waals surface area (Å²) in [5.41, 5.74) is 5.34. The molecule has 0 aliphatic carbocycles. The first-order chi connectivity index (χ1) is 24.0. The first-order valence-corrected chi connectivity index (χ1v) is 18.9. The molecular formula is C39H47N5O4S. The van der Waals surface area contributed by atoms with E-state index in [0.717, 1.165) is 103 Å². The van der Waals surface area contributed by atoms with Gasteiger partial charge in [-0.05, 0) is 92.6 Å². The maximum Gasteiger partial charge on any atom is 0.251 e. The monoisotopic (exact) mass is 681 g/mol. The molecule has 6 rings (SSSR count). The highest BCUT2D eigenvalue weighted by Crippen LogP contribution is 2.36. The van der Waals surface area contributed by atoms with Gasteiger partial charge in [0.15, 0.2) is 0 Å². The lowest BCUT2D eigenvalue weighted by Crippen LogP contribution is -2.32. The molecule has 0 bridgehead atoms. The van der Waals surface area contributed by atoms with Crippen LogP contribution < -0.4 is 15.0 Å². The van der Waals surface area contributed by atoms with E-state index in [4.69, 9.17) is 14.5 Å². The van der Waals surface area contributed by atoms with Crippen LogP contribution in [0.4, 0.5) is 11.5 Å². The van der Waals surface area contributed by atoms with Crippen molar-refractivity contribution in [2.45, 2.75) is 82.0 Å². The lowest BCUT2D eigenvalue weighted by atomic mass is 9.96. The van der Waals surface area contributed by atoms with Crippen LogP contribution >= 0.6 is 0 Å². The molecule has 4 heterocycles. The molecule has 2 aliphatic rings. The number of pyridine rings is 1. The van der Waals surface area contributed by atoms with Gasteiger partial charge in [0.25, 0.3) is 5.91 Å². The van der Waals surface area contributed by atoms with Crippen LogP contribution in [0.2, 0.25) is 0 Å². The van der Waals surface area contributed by atoms with Crippen LogP contribution in [-0.2, 0) is 32.6 Å². The van der Waals surface area contributed by atoms with Crippen molar-refractivity contribution in [3.8, 4) is 16.9 Å². The number of hydrogen-bond donors (Lipinski definition) is 1. The van der Waals surface area contributed by atoms with E-state index < -0.39 is 10.8 Å². The molecule has 49 heavy (non-hydrogen) atoms. The van der Waals surface area contributed by atoms with E-state index in [1.165, 1.54) is 0 Å². The van der Waals surface area contributed by atoms with Crippen LogP contribution in [0.3, 0.4) is 0 Å². The van der Waals surface area contributed by atoms with E-state index >= 15 is 0 Å². The van der Waals surface area contributed by atoms with Crippen molar-refractivity contribution in [2.24, 2.45) is 0 Å². The minimum absolute atomic E-state index is 0.125. The van der Waals surface area contributed by atoms with Gasteiger partial charge in [0.05, 0.1) is 35.2 Å². The van der Waals surface area contributed by atoms with Gasteiger partial charge in [0, 0.05) is 65.4 Å². The zero-order valence-electron chi connectivity index (χ0n) is 28.6. The second kappa shape index (κ2) is 16.9. The highest BCUT2D eigenvalue weighted by Gasteiger charge is 2.30.